The summed E-state index contributed by atoms with van der Waals surface area (Å²) in [4.78, 5) is 17.2. The van der Waals surface area contributed by atoms with Gasteiger partial charge in [-0.05, 0) is 17.4 Å². The number of imidazole rings is 1. The van der Waals surface area contributed by atoms with E-state index in [2.05, 4.69) is 25.8 Å². The molecule has 3 aromatic rings. The van der Waals surface area contributed by atoms with E-state index >= 15 is 0 Å². The topological polar surface area (TPSA) is 116 Å². The van der Waals surface area contributed by atoms with Crippen molar-refractivity contribution in [1.82, 2.24) is 34.9 Å². The van der Waals surface area contributed by atoms with Crippen LogP contribution in [0, 0.1) is 0 Å². The van der Waals surface area contributed by atoms with Crippen LogP contribution in [0.2, 0.25) is 0 Å². The Morgan fingerprint density at radius 1 is 1.60 bits per heavy atom. The summed E-state index contributed by atoms with van der Waals surface area (Å²) in [6.07, 6.45) is 3.81. The molecule has 0 radical (unpaired) electrons. The summed E-state index contributed by atoms with van der Waals surface area (Å²) in [6, 6.07) is -0.202. The zero-order valence-electron chi connectivity index (χ0n) is 10.6. The Morgan fingerprint density at radius 2 is 2.45 bits per heavy atom. The minimum Gasteiger partial charge on any atom is -0.367 e. The molecule has 3 heterocycles. The van der Waals surface area contributed by atoms with Gasteiger partial charge in [-0.1, -0.05) is 5.10 Å². The minimum absolute atomic E-state index is 0.0224. The molecule has 0 bridgehead atoms. The first kappa shape index (κ1) is 12.5. The summed E-state index contributed by atoms with van der Waals surface area (Å²) in [6.45, 7) is 1.85. The number of hydrogen-bond acceptors (Lipinski definition) is 7. The number of rotatable bonds is 4. The van der Waals surface area contributed by atoms with Crippen molar-refractivity contribution in [3.05, 3.63) is 23.5 Å². The molecule has 0 unspecified atom stereocenters. The third kappa shape index (κ3) is 2.32. The van der Waals surface area contributed by atoms with Gasteiger partial charge in [0.15, 0.2) is 4.96 Å². The van der Waals surface area contributed by atoms with Crippen molar-refractivity contribution in [3.63, 3.8) is 0 Å². The monoisotopic (exact) mass is 292 g/mol. The lowest BCUT2D eigenvalue weighted by Crippen LogP contribution is -2.31. The minimum atomic E-state index is -0.229. The number of amides is 1. The van der Waals surface area contributed by atoms with E-state index in [-0.39, 0.29) is 24.4 Å². The fourth-order valence-electron chi connectivity index (χ4n) is 1.78. The van der Waals surface area contributed by atoms with E-state index in [0.717, 1.165) is 10.7 Å². The van der Waals surface area contributed by atoms with Gasteiger partial charge in [-0.3, -0.25) is 9.20 Å². The lowest BCUT2D eigenvalue weighted by Gasteiger charge is -2.11. The van der Waals surface area contributed by atoms with Crippen molar-refractivity contribution >= 4 is 28.2 Å². The molecule has 10 heteroatoms. The lowest BCUT2D eigenvalue weighted by atomic mass is 10.2. The number of nitrogens with zero attached hydrogens (tertiary/aromatic N) is 6. The molecule has 0 saturated heterocycles. The molecular formula is C10H12N8OS. The second-order valence-electron chi connectivity index (χ2n) is 4.24. The van der Waals surface area contributed by atoms with Gasteiger partial charge in [0.25, 0.3) is 0 Å². The van der Waals surface area contributed by atoms with Crippen LogP contribution in [-0.2, 0) is 11.3 Å². The first-order chi connectivity index (χ1) is 9.63. The molecule has 0 aliphatic rings. The average Bonchev–Trinajstić information content (AvgIpc) is 3.05. The molecule has 0 aromatic carbocycles. The van der Waals surface area contributed by atoms with Gasteiger partial charge in [-0.25, -0.2) is 9.67 Å². The van der Waals surface area contributed by atoms with Crippen molar-refractivity contribution in [1.29, 1.82) is 0 Å². The molecule has 0 aliphatic heterocycles. The highest BCUT2D eigenvalue weighted by molar-refractivity contribution is 7.15. The predicted molar refractivity (Wildman–Crippen MR) is 71.9 cm³/mol. The quantitative estimate of drug-likeness (QED) is 0.690. The molecule has 0 spiro atoms. The van der Waals surface area contributed by atoms with Crippen LogP contribution in [0.5, 0.6) is 0 Å². The van der Waals surface area contributed by atoms with Crippen molar-refractivity contribution < 1.29 is 4.79 Å². The molecule has 20 heavy (non-hydrogen) atoms. The van der Waals surface area contributed by atoms with Gasteiger partial charge >= 0.3 is 0 Å². The molecule has 0 fully saturated rings. The lowest BCUT2D eigenvalue weighted by molar-refractivity contribution is -0.122. The maximum atomic E-state index is 11.9. The highest BCUT2D eigenvalue weighted by Gasteiger charge is 2.15. The highest BCUT2D eigenvalue weighted by Crippen LogP contribution is 2.16. The van der Waals surface area contributed by atoms with Crippen LogP contribution in [0.25, 0.3) is 4.96 Å². The normalized spacial score (nSPS) is 12.7. The number of hydrogen-bond donors (Lipinski definition) is 2. The number of fused-ring (bicyclic) bond motifs is 1. The SMILES string of the molecule is C[C@H](NC(=O)Cn1nnnc1N)c1cn2ccsc2n1. The van der Waals surface area contributed by atoms with Crippen LogP contribution in [-0.4, -0.2) is 35.5 Å². The molecule has 0 saturated carbocycles. The van der Waals surface area contributed by atoms with Crippen LogP contribution in [0.3, 0.4) is 0 Å². The summed E-state index contributed by atoms with van der Waals surface area (Å²) < 4.78 is 3.15. The van der Waals surface area contributed by atoms with Gasteiger partial charge in [0.05, 0.1) is 11.7 Å². The maximum Gasteiger partial charge on any atom is 0.242 e. The molecule has 9 nitrogen and oxygen atoms in total. The molecular weight excluding hydrogens is 280 g/mol. The summed E-state index contributed by atoms with van der Waals surface area (Å²) in [5.74, 6) is -0.122. The molecule has 1 atom stereocenters. The van der Waals surface area contributed by atoms with E-state index in [9.17, 15) is 4.79 Å². The van der Waals surface area contributed by atoms with Crippen LogP contribution >= 0.6 is 11.3 Å². The van der Waals surface area contributed by atoms with Gasteiger partial charge in [0.1, 0.15) is 6.54 Å². The van der Waals surface area contributed by atoms with E-state index in [1.165, 1.54) is 4.68 Å². The standard InChI is InChI=1S/C10H12N8OS/c1-6(7-4-17-2-3-20-10(17)13-7)12-8(19)5-18-9(11)14-15-16-18/h2-4,6H,5H2,1H3,(H,12,19)(H2,11,14,16)/t6-/m0/s1. The molecule has 104 valence electrons. The third-order valence-corrected chi connectivity index (χ3v) is 3.56. The molecule has 3 rings (SSSR count). The number of anilines is 1. The first-order valence-corrected chi connectivity index (χ1v) is 6.74. The number of nitrogen functional groups attached to an aromatic ring is 1. The van der Waals surface area contributed by atoms with Crippen molar-refractivity contribution in [2.75, 3.05) is 5.73 Å². The summed E-state index contributed by atoms with van der Waals surface area (Å²) in [5.41, 5.74) is 6.30. The number of nitrogens with one attached hydrogen (secondary N) is 1. The second-order valence-corrected chi connectivity index (χ2v) is 5.12. The van der Waals surface area contributed by atoms with Crippen LogP contribution in [0.1, 0.15) is 18.7 Å². The Labute approximate surface area is 117 Å². The van der Waals surface area contributed by atoms with E-state index in [0.29, 0.717) is 0 Å². The van der Waals surface area contributed by atoms with Gasteiger partial charge in [-0.15, -0.1) is 11.3 Å². The molecule has 0 aliphatic carbocycles. The Balaban J connectivity index is 1.66. The summed E-state index contributed by atoms with van der Waals surface area (Å²) in [7, 11) is 0. The fourth-order valence-corrected chi connectivity index (χ4v) is 2.48. The highest BCUT2D eigenvalue weighted by atomic mass is 32.1. The maximum absolute atomic E-state index is 11.9. The Bertz CT molecular complexity index is 715. The number of carbonyl (C=O) groups excluding carboxylic acids is 1. The number of aromatic nitrogens is 6. The van der Waals surface area contributed by atoms with Gasteiger partial charge in [-0.2, -0.15) is 0 Å². The van der Waals surface area contributed by atoms with Crippen LogP contribution < -0.4 is 11.1 Å². The van der Waals surface area contributed by atoms with E-state index in [1.807, 2.05) is 29.1 Å². The second kappa shape index (κ2) is 4.89. The molecule has 3 N–H and O–H groups in total. The van der Waals surface area contributed by atoms with Gasteiger partial charge in [0.2, 0.25) is 11.9 Å². The van der Waals surface area contributed by atoms with Crippen molar-refractivity contribution in [2.24, 2.45) is 0 Å². The van der Waals surface area contributed by atoms with E-state index < -0.39 is 0 Å². The Hall–Kier alpha value is -2.49. The Morgan fingerprint density at radius 3 is 3.15 bits per heavy atom. The van der Waals surface area contributed by atoms with Crippen LogP contribution in [0.15, 0.2) is 17.8 Å². The Kier molecular flexibility index (Phi) is 3.06. The first-order valence-electron chi connectivity index (χ1n) is 5.86. The van der Waals surface area contributed by atoms with Crippen molar-refractivity contribution in [3.8, 4) is 0 Å². The number of tetrazole rings is 1. The van der Waals surface area contributed by atoms with Crippen molar-refractivity contribution in [2.45, 2.75) is 19.5 Å². The predicted octanol–water partition coefficient (Wildman–Crippen LogP) is -0.158. The zero-order valence-corrected chi connectivity index (χ0v) is 11.4. The summed E-state index contributed by atoms with van der Waals surface area (Å²) >= 11 is 1.54. The smallest absolute Gasteiger partial charge is 0.242 e. The average molecular weight is 292 g/mol. The number of nitrogens with two attached hydrogens (primary N) is 1. The zero-order chi connectivity index (χ0) is 14.1. The fraction of sp³-hybridized carbons (Fsp3) is 0.300. The molecule has 3 aromatic heterocycles. The van der Waals surface area contributed by atoms with Crippen LogP contribution in [0.4, 0.5) is 5.95 Å². The van der Waals surface area contributed by atoms with Gasteiger partial charge < -0.3 is 11.1 Å². The number of carbonyl (C=O) groups is 1. The largest absolute Gasteiger partial charge is 0.367 e. The molecule has 1 amide bonds. The van der Waals surface area contributed by atoms with E-state index in [1.54, 1.807) is 11.3 Å². The number of thiazole rings is 1. The van der Waals surface area contributed by atoms with E-state index in [4.69, 9.17) is 5.73 Å². The third-order valence-electron chi connectivity index (χ3n) is 2.79. The van der Waals surface area contributed by atoms with Gasteiger partial charge in [0, 0.05) is 17.8 Å². The summed E-state index contributed by atoms with van der Waals surface area (Å²) in [5, 5.41) is 15.3.